The van der Waals surface area contributed by atoms with Crippen molar-refractivity contribution in [1.29, 1.82) is 0 Å². The molecule has 2 aromatic carbocycles. The molecule has 2 fully saturated rings. The second kappa shape index (κ2) is 8.03. The van der Waals surface area contributed by atoms with E-state index >= 15 is 0 Å². The Bertz CT molecular complexity index is 1040. The highest BCUT2D eigenvalue weighted by Crippen LogP contribution is 2.40. The van der Waals surface area contributed by atoms with E-state index in [0.717, 1.165) is 28.3 Å². The molecule has 3 atom stereocenters. The monoisotopic (exact) mass is 420 g/mol. The highest BCUT2D eigenvalue weighted by molar-refractivity contribution is 7.20. The van der Waals surface area contributed by atoms with Crippen molar-refractivity contribution in [2.75, 3.05) is 0 Å². The van der Waals surface area contributed by atoms with Crippen molar-refractivity contribution in [3.63, 3.8) is 0 Å². The molecular weight excluding hydrogens is 392 g/mol. The van der Waals surface area contributed by atoms with Gasteiger partial charge >= 0.3 is 0 Å². The molecule has 2 aliphatic heterocycles. The summed E-state index contributed by atoms with van der Waals surface area (Å²) in [4.78, 5) is 18.6. The van der Waals surface area contributed by atoms with Crippen molar-refractivity contribution < 1.29 is 9.53 Å². The third-order valence-corrected chi connectivity index (χ3v) is 7.58. The number of aromatic nitrogens is 1. The van der Waals surface area contributed by atoms with Gasteiger partial charge in [0.05, 0.1) is 10.2 Å². The molecule has 1 unspecified atom stereocenters. The van der Waals surface area contributed by atoms with Gasteiger partial charge in [-0.25, -0.2) is 4.98 Å². The zero-order valence-corrected chi connectivity index (χ0v) is 18.5. The van der Waals surface area contributed by atoms with Gasteiger partial charge in [0.15, 0.2) is 0 Å². The maximum absolute atomic E-state index is 11.9. The average Bonchev–Trinajstić information content (AvgIpc) is 3.24. The molecular formula is C25H28N2O2S. The van der Waals surface area contributed by atoms with E-state index in [0.29, 0.717) is 17.3 Å². The van der Waals surface area contributed by atoms with Crippen molar-refractivity contribution in [2.24, 2.45) is 5.92 Å². The molecule has 1 aromatic heterocycles. The Morgan fingerprint density at radius 1 is 1.13 bits per heavy atom. The van der Waals surface area contributed by atoms with Gasteiger partial charge in [0, 0.05) is 19.0 Å². The maximum Gasteiger partial charge on any atom is 0.279 e. The summed E-state index contributed by atoms with van der Waals surface area (Å²) in [5.74, 6) is 1.84. The minimum atomic E-state index is 0.264. The Hall–Kier alpha value is -2.40. The fraction of sp³-hybridized carbons (Fsp3) is 0.440. The Morgan fingerprint density at radius 2 is 1.87 bits per heavy atom. The zero-order valence-electron chi connectivity index (χ0n) is 17.6. The van der Waals surface area contributed by atoms with Crippen molar-refractivity contribution >= 4 is 27.5 Å². The van der Waals surface area contributed by atoms with E-state index in [1.807, 2.05) is 6.07 Å². The molecule has 0 aliphatic carbocycles. The number of carbonyl (C=O) groups is 1. The normalized spacial score (nSPS) is 23.1. The van der Waals surface area contributed by atoms with E-state index in [2.05, 4.69) is 53.2 Å². The Morgan fingerprint density at radius 3 is 2.57 bits per heavy atom. The number of amides is 1. The summed E-state index contributed by atoms with van der Waals surface area (Å²) in [6.45, 7) is 3.82. The smallest absolute Gasteiger partial charge is 0.279 e. The fourth-order valence-corrected chi connectivity index (χ4v) is 6.22. The number of aryl methyl sites for hydroxylation is 2. The molecule has 156 valence electrons. The van der Waals surface area contributed by atoms with Gasteiger partial charge in [-0.15, -0.1) is 0 Å². The van der Waals surface area contributed by atoms with Crippen molar-refractivity contribution in [3.8, 4) is 10.9 Å². The summed E-state index contributed by atoms with van der Waals surface area (Å²) in [7, 11) is 0. The molecule has 1 amide bonds. The second-order valence-corrected chi connectivity index (χ2v) is 9.88. The molecule has 0 radical (unpaired) electrons. The van der Waals surface area contributed by atoms with E-state index in [4.69, 9.17) is 4.74 Å². The number of fused-ring (bicyclic) bond motifs is 3. The molecule has 30 heavy (non-hydrogen) atoms. The lowest BCUT2D eigenvalue weighted by molar-refractivity contribution is -0.133. The molecule has 3 aromatic rings. The Labute approximate surface area is 181 Å². The molecule has 5 rings (SSSR count). The zero-order chi connectivity index (χ0) is 20.7. The topological polar surface area (TPSA) is 42.4 Å². The SMILES string of the molecule is CC(=O)N1[C@@H]2CC[C@H]1CC(CCc1ccc(Oc3nc4ccc(C)cc4s3)cc1)C2. The first-order chi connectivity index (χ1) is 14.5. The number of carbonyl (C=O) groups excluding carboxylic acids is 1. The lowest BCUT2D eigenvalue weighted by Crippen LogP contribution is -2.45. The van der Waals surface area contributed by atoms with Crippen LogP contribution in [0.2, 0.25) is 0 Å². The van der Waals surface area contributed by atoms with Crippen LogP contribution in [0.3, 0.4) is 0 Å². The molecule has 2 saturated heterocycles. The minimum absolute atomic E-state index is 0.264. The number of hydrogen-bond donors (Lipinski definition) is 0. The third-order valence-electron chi connectivity index (χ3n) is 6.69. The second-order valence-electron chi connectivity index (χ2n) is 8.88. The number of thiazole rings is 1. The van der Waals surface area contributed by atoms with Gasteiger partial charge in [0.2, 0.25) is 5.91 Å². The quantitative estimate of drug-likeness (QED) is 0.499. The molecule has 2 bridgehead atoms. The summed E-state index contributed by atoms with van der Waals surface area (Å²) >= 11 is 1.59. The number of hydrogen-bond acceptors (Lipinski definition) is 4. The van der Waals surface area contributed by atoms with Gasteiger partial charge in [-0.05, 0) is 86.8 Å². The molecule has 3 heterocycles. The van der Waals surface area contributed by atoms with E-state index in [1.165, 1.54) is 43.2 Å². The van der Waals surface area contributed by atoms with Gasteiger partial charge in [-0.2, -0.15) is 0 Å². The van der Waals surface area contributed by atoms with Crippen LogP contribution in [0, 0.1) is 12.8 Å². The van der Waals surface area contributed by atoms with Crippen molar-refractivity contribution in [3.05, 3.63) is 53.6 Å². The molecule has 0 saturated carbocycles. The summed E-state index contributed by atoms with van der Waals surface area (Å²) in [5, 5.41) is 0.691. The number of piperidine rings is 1. The minimum Gasteiger partial charge on any atom is -0.431 e. The van der Waals surface area contributed by atoms with Gasteiger partial charge < -0.3 is 9.64 Å². The predicted octanol–water partition coefficient (Wildman–Crippen LogP) is 6.12. The van der Waals surface area contributed by atoms with Crippen LogP contribution in [0.15, 0.2) is 42.5 Å². The molecule has 2 aliphatic rings. The standard InChI is InChI=1S/C25H28N2O2S/c1-16-3-12-23-24(13-16)30-25(26-23)29-22-10-6-18(7-11-22)4-5-19-14-20-8-9-21(15-19)27(20)17(2)28/h3,6-7,10-13,19-21H,4-5,8-9,14-15H2,1-2H3/t19?,20-,21+. The van der Waals surface area contributed by atoms with Gasteiger partial charge in [-0.3, -0.25) is 4.79 Å². The maximum atomic E-state index is 11.9. The van der Waals surface area contributed by atoms with Crippen LogP contribution in [0.1, 0.15) is 50.2 Å². The number of benzene rings is 2. The van der Waals surface area contributed by atoms with Crippen LogP contribution < -0.4 is 4.74 Å². The Kier molecular flexibility index (Phi) is 5.23. The average molecular weight is 421 g/mol. The number of nitrogens with zero attached hydrogens (tertiary/aromatic N) is 2. The van der Waals surface area contributed by atoms with Crippen molar-refractivity contribution in [1.82, 2.24) is 9.88 Å². The van der Waals surface area contributed by atoms with Crippen LogP contribution in [-0.4, -0.2) is 27.9 Å². The summed E-state index contributed by atoms with van der Waals surface area (Å²) < 4.78 is 7.15. The Balaban J connectivity index is 1.17. The van der Waals surface area contributed by atoms with Gasteiger partial charge in [-0.1, -0.05) is 29.5 Å². The highest BCUT2D eigenvalue weighted by atomic mass is 32.1. The summed E-state index contributed by atoms with van der Waals surface area (Å²) in [6, 6.07) is 15.7. The fourth-order valence-electron chi connectivity index (χ4n) is 5.29. The first-order valence-corrected chi connectivity index (χ1v) is 11.8. The lowest BCUT2D eigenvalue weighted by Gasteiger charge is -2.38. The van der Waals surface area contributed by atoms with Crippen molar-refractivity contribution in [2.45, 2.75) is 64.5 Å². The van der Waals surface area contributed by atoms with E-state index in [9.17, 15) is 4.79 Å². The molecule has 4 nitrogen and oxygen atoms in total. The third kappa shape index (κ3) is 3.95. The van der Waals surface area contributed by atoms with Crippen LogP contribution in [0.25, 0.3) is 10.2 Å². The van der Waals surface area contributed by atoms with Crippen LogP contribution in [0.5, 0.6) is 10.9 Å². The predicted molar refractivity (Wildman–Crippen MR) is 121 cm³/mol. The first kappa shape index (κ1) is 19.6. The number of ether oxygens (including phenoxy) is 1. The molecule has 0 N–H and O–H groups in total. The lowest BCUT2D eigenvalue weighted by atomic mass is 9.86. The summed E-state index contributed by atoms with van der Waals surface area (Å²) in [5.41, 5.74) is 3.58. The highest BCUT2D eigenvalue weighted by Gasteiger charge is 2.41. The first-order valence-electron chi connectivity index (χ1n) is 11.0. The van der Waals surface area contributed by atoms with Gasteiger partial charge in [0.1, 0.15) is 5.75 Å². The largest absolute Gasteiger partial charge is 0.431 e. The van der Waals surface area contributed by atoms with Crippen LogP contribution >= 0.6 is 11.3 Å². The summed E-state index contributed by atoms with van der Waals surface area (Å²) in [6.07, 6.45) is 7.03. The van der Waals surface area contributed by atoms with E-state index in [1.54, 1.807) is 18.3 Å². The molecule has 0 spiro atoms. The number of rotatable bonds is 5. The molecule has 5 heteroatoms. The van der Waals surface area contributed by atoms with Crippen LogP contribution in [0.4, 0.5) is 0 Å². The van der Waals surface area contributed by atoms with Gasteiger partial charge in [0.25, 0.3) is 5.19 Å². The van der Waals surface area contributed by atoms with E-state index in [-0.39, 0.29) is 5.91 Å². The van der Waals surface area contributed by atoms with Crippen LogP contribution in [-0.2, 0) is 11.2 Å². The van der Waals surface area contributed by atoms with E-state index < -0.39 is 0 Å².